The third kappa shape index (κ3) is 3.99. The first kappa shape index (κ1) is 17.0. The normalized spacial score (nSPS) is 13.8. The Morgan fingerprint density at radius 2 is 2.29 bits per heavy atom. The Morgan fingerprint density at radius 3 is 2.96 bits per heavy atom. The molecule has 1 aliphatic carbocycles. The first-order valence-electron chi connectivity index (χ1n) is 7.81. The molecule has 0 saturated heterocycles. The minimum atomic E-state index is -0.0963. The van der Waals surface area contributed by atoms with E-state index in [4.69, 9.17) is 11.6 Å². The fraction of sp³-hybridized carbons (Fsp3) is 0.353. The van der Waals surface area contributed by atoms with Gasteiger partial charge in [-0.3, -0.25) is 4.79 Å². The van der Waals surface area contributed by atoms with Crippen molar-refractivity contribution >= 4 is 35.0 Å². The van der Waals surface area contributed by atoms with E-state index in [1.54, 1.807) is 6.07 Å². The number of aromatic nitrogens is 3. The van der Waals surface area contributed by atoms with Gasteiger partial charge in [-0.25, -0.2) is 0 Å². The van der Waals surface area contributed by atoms with E-state index in [1.165, 1.54) is 11.8 Å². The molecule has 0 atom stereocenters. The number of benzene rings is 1. The van der Waals surface area contributed by atoms with E-state index in [2.05, 4.69) is 22.1 Å². The smallest absolute Gasteiger partial charge is 0.234 e. The number of allylic oxidation sites excluding steroid dienone is 1. The number of nitrogens with one attached hydrogen (secondary N) is 1. The highest BCUT2D eigenvalue weighted by molar-refractivity contribution is 7.99. The highest BCUT2D eigenvalue weighted by atomic mass is 35.5. The number of amides is 1. The molecule has 1 saturated carbocycles. The molecule has 1 aliphatic rings. The van der Waals surface area contributed by atoms with Crippen molar-refractivity contribution in [2.24, 2.45) is 0 Å². The fourth-order valence-electron chi connectivity index (χ4n) is 2.35. The van der Waals surface area contributed by atoms with E-state index in [9.17, 15) is 4.79 Å². The van der Waals surface area contributed by atoms with Crippen LogP contribution in [0.15, 0.2) is 36.0 Å². The minimum Gasteiger partial charge on any atom is -0.325 e. The van der Waals surface area contributed by atoms with Crippen molar-refractivity contribution in [2.45, 2.75) is 37.4 Å². The van der Waals surface area contributed by atoms with Crippen molar-refractivity contribution in [1.29, 1.82) is 0 Å². The van der Waals surface area contributed by atoms with E-state index < -0.39 is 0 Å². The predicted octanol–water partition coefficient (Wildman–Crippen LogP) is 4.03. The van der Waals surface area contributed by atoms with Gasteiger partial charge in [-0.15, -0.1) is 16.8 Å². The van der Waals surface area contributed by atoms with Gasteiger partial charge in [0.1, 0.15) is 5.82 Å². The summed E-state index contributed by atoms with van der Waals surface area (Å²) in [7, 11) is 0. The summed E-state index contributed by atoms with van der Waals surface area (Å²) in [6.45, 7) is 6.37. The zero-order chi connectivity index (χ0) is 17.1. The number of rotatable bonds is 7. The van der Waals surface area contributed by atoms with Crippen molar-refractivity contribution in [2.75, 3.05) is 11.1 Å². The third-order valence-electron chi connectivity index (χ3n) is 3.79. The molecule has 126 valence electrons. The van der Waals surface area contributed by atoms with E-state index in [0.29, 0.717) is 23.2 Å². The van der Waals surface area contributed by atoms with Crippen molar-refractivity contribution in [3.05, 3.63) is 47.3 Å². The lowest BCUT2D eigenvalue weighted by atomic mass is 10.2. The second-order valence-electron chi connectivity index (χ2n) is 5.82. The molecule has 0 unspecified atom stereocenters. The fourth-order valence-corrected chi connectivity index (χ4v) is 3.28. The Hall–Kier alpha value is -1.79. The first-order valence-corrected chi connectivity index (χ1v) is 9.17. The molecule has 0 aliphatic heterocycles. The molecular formula is C17H19ClN4OS. The molecule has 7 heteroatoms. The summed E-state index contributed by atoms with van der Waals surface area (Å²) in [6.07, 6.45) is 4.15. The van der Waals surface area contributed by atoms with Crippen LogP contribution >= 0.6 is 23.4 Å². The summed E-state index contributed by atoms with van der Waals surface area (Å²) in [5.74, 6) is 1.69. The van der Waals surface area contributed by atoms with Crippen molar-refractivity contribution in [1.82, 2.24) is 14.8 Å². The van der Waals surface area contributed by atoms with Crippen LogP contribution in [-0.2, 0) is 11.3 Å². The molecule has 5 nitrogen and oxygen atoms in total. The maximum absolute atomic E-state index is 12.2. The van der Waals surface area contributed by atoms with Crippen LogP contribution in [0.1, 0.15) is 30.1 Å². The van der Waals surface area contributed by atoms with Crippen LogP contribution in [0.4, 0.5) is 5.69 Å². The molecule has 0 radical (unpaired) electrons. The van der Waals surface area contributed by atoms with Gasteiger partial charge in [0.2, 0.25) is 5.91 Å². The molecule has 1 aromatic carbocycles. The average Bonchev–Trinajstić information content (AvgIpc) is 3.32. The predicted molar refractivity (Wildman–Crippen MR) is 97.7 cm³/mol. The van der Waals surface area contributed by atoms with Crippen molar-refractivity contribution in [3.8, 4) is 0 Å². The van der Waals surface area contributed by atoms with E-state index >= 15 is 0 Å². The lowest BCUT2D eigenvalue weighted by molar-refractivity contribution is -0.113. The number of carbonyl (C=O) groups is 1. The van der Waals surface area contributed by atoms with Crippen LogP contribution in [0.2, 0.25) is 5.02 Å². The Labute approximate surface area is 150 Å². The summed E-state index contributed by atoms with van der Waals surface area (Å²) >= 11 is 7.46. The van der Waals surface area contributed by atoms with Crippen molar-refractivity contribution < 1.29 is 4.79 Å². The van der Waals surface area contributed by atoms with Gasteiger partial charge >= 0.3 is 0 Å². The van der Waals surface area contributed by atoms with Gasteiger partial charge in [0.15, 0.2) is 5.16 Å². The molecule has 2 aromatic rings. The van der Waals surface area contributed by atoms with Crippen LogP contribution in [0.3, 0.4) is 0 Å². The summed E-state index contributed by atoms with van der Waals surface area (Å²) in [5.41, 5.74) is 1.68. The second-order valence-corrected chi connectivity index (χ2v) is 7.16. The Morgan fingerprint density at radius 1 is 1.50 bits per heavy atom. The zero-order valence-corrected chi connectivity index (χ0v) is 15.0. The SMILES string of the molecule is C=CCn1c(SCC(=O)Nc2ccc(C)c(Cl)c2)nnc1C1CC1. The Kier molecular flexibility index (Phi) is 5.26. The standard InChI is InChI=1S/C17H19ClN4OS/c1-3-8-22-16(12-5-6-12)20-21-17(22)24-10-15(23)19-13-7-4-11(2)14(18)9-13/h3-4,7,9,12H,1,5-6,8,10H2,2H3,(H,19,23). The summed E-state index contributed by atoms with van der Waals surface area (Å²) in [5, 5.41) is 12.8. The first-order chi connectivity index (χ1) is 11.6. The van der Waals surface area contributed by atoms with Crippen LogP contribution in [0.5, 0.6) is 0 Å². The molecule has 1 aromatic heterocycles. The monoisotopic (exact) mass is 362 g/mol. The number of carbonyl (C=O) groups excluding carboxylic acids is 1. The van der Waals surface area contributed by atoms with Crippen LogP contribution in [0, 0.1) is 6.92 Å². The zero-order valence-electron chi connectivity index (χ0n) is 13.5. The van der Waals surface area contributed by atoms with E-state index in [0.717, 1.165) is 29.4 Å². The number of nitrogens with zero attached hydrogens (tertiary/aromatic N) is 3. The minimum absolute atomic E-state index is 0.0963. The van der Waals surface area contributed by atoms with Gasteiger partial charge in [0.25, 0.3) is 0 Å². The number of halogens is 1. The van der Waals surface area contributed by atoms with Gasteiger partial charge in [-0.2, -0.15) is 0 Å². The lowest BCUT2D eigenvalue weighted by Gasteiger charge is -2.08. The van der Waals surface area contributed by atoms with Gasteiger partial charge in [-0.05, 0) is 37.5 Å². The maximum atomic E-state index is 12.2. The highest BCUT2D eigenvalue weighted by Crippen LogP contribution is 2.40. The number of hydrogen-bond acceptors (Lipinski definition) is 4. The van der Waals surface area contributed by atoms with Gasteiger partial charge < -0.3 is 9.88 Å². The number of anilines is 1. The molecule has 1 N–H and O–H groups in total. The molecular weight excluding hydrogens is 344 g/mol. The number of thioether (sulfide) groups is 1. The Balaban J connectivity index is 1.61. The maximum Gasteiger partial charge on any atom is 0.234 e. The topological polar surface area (TPSA) is 59.8 Å². The number of aryl methyl sites for hydroxylation is 1. The summed E-state index contributed by atoms with van der Waals surface area (Å²) in [6, 6.07) is 5.48. The Bertz CT molecular complexity index is 770. The van der Waals surface area contributed by atoms with E-state index in [-0.39, 0.29) is 11.7 Å². The lowest BCUT2D eigenvalue weighted by Crippen LogP contribution is -2.14. The van der Waals surface area contributed by atoms with Gasteiger partial charge in [0.05, 0.1) is 5.75 Å². The molecule has 0 bridgehead atoms. The molecule has 3 rings (SSSR count). The average molecular weight is 363 g/mol. The number of hydrogen-bond donors (Lipinski definition) is 1. The molecule has 1 amide bonds. The quantitative estimate of drug-likeness (QED) is 0.596. The third-order valence-corrected chi connectivity index (χ3v) is 5.16. The second kappa shape index (κ2) is 7.40. The van der Waals surface area contributed by atoms with Crippen LogP contribution in [0.25, 0.3) is 0 Å². The van der Waals surface area contributed by atoms with Crippen LogP contribution < -0.4 is 5.32 Å². The van der Waals surface area contributed by atoms with E-state index in [1.807, 2.05) is 29.7 Å². The molecule has 24 heavy (non-hydrogen) atoms. The summed E-state index contributed by atoms with van der Waals surface area (Å²) in [4.78, 5) is 12.2. The largest absolute Gasteiger partial charge is 0.325 e. The van der Waals surface area contributed by atoms with Gasteiger partial charge in [-0.1, -0.05) is 35.5 Å². The highest BCUT2D eigenvalue weighted by Gasteiger charge is 2.30. The van der Waals surface area contributed by atoms with Gasteiger partial charge in [0, 0.05) is 23.2 Å². The van der Waals surface area contributed by atoms with Crippen LogP contribution in [-0.4, -0.2) is 26.4 Å². The molecule has 1 heterocycles. The van der Waals surface area contributed by atoms with Crippen molar-refractivity contribution in [3.63, 3.8) is 0 Å². The summed E-state index contributed by atoms with van der Waals surface area (Å²) < 4.78 is 2.05. The molecule has 1 fully saturated rings. The molecule has 0 spiro atoms.